The van der Waals surface area contributed by atoms with Gasteiger partial charge in [-0.05, 0) is 48.0 Å². The number of carbonyl (C=O) groups excluding carboxylic acids is 1. The van der Waals surface area contributed by atoms with Crippen molar-refractivity contribution in [2.75, 3.05) is 13.2 Å². The third-order valence-corrected chi connectivity index (χ3v) is 6.62. The molecule has 6 rings (SSSR count). The summed E-state index contributed by atoms with van der Waals surface area (Å²) in [6, 6.07) is 13.7. The van der Waals surface area contributed by atoms with Gasteiger partial charge in [0.1, 0.15) is 17.1 Å². The van der Waals surface area contributed by atoms with Crippen molar-refractivity contribution >= 4 is 46.0 Å². The molecule has 192 valence electrons. The number of rotatable bonds is 3. The predicted octanol–water partition coefficient (Wildman–Crippen LogP) is 5.24. The third-order valence-electron chi connectivity index (χ3n) is 5.95. The fourth-order valence-corrected chi connectivity index (χ4v) is 4.75. The molecule has 1 amide bonds. The van der Waals surface area contributed by atoms with E-state index < -0.39 is 11.9 Å². The number of hydrogen-bond acceptors (Lipinski definition) is 6. The number of benzene rings is 3. The van der Waals surface area contributed by atoms with Crippen molar-refractivity contribution in [2.24, 2.45) is 11.5 Å². The van der Waals surface area contributed by atoms with Gasteiger partial charge in [-0.15, -0.1) is 0 Å². The maximum Gasteiger partial charge on any atom is 0.336 e. The number of carboxylic acids is 1. The Bertz CT molecular complexity index is 1470. The van der Waals surface area contributed by atoms with Crippen molar-refractivity contribution < 1.29 is 28.6 Å². The first kappa shape index (κ1) is 26.3. The van der Waals surface area contributed by atoms with E-state index in [1.54, 1.807) is 36.4 Å². The lowest BCUT2D eigenvalue weighted by Crippen LogP contribution is -2.13. The third kappa shape index (κ3) is 5.67. The van der Waals surface area contributed by atoms with E-state index in [1.807, 2.05) is 12.1 Å². The van der Waals surface area contributed by atoms with E-state index in [0.717, 1.165) is 40.7 Å². The second kappa shape index (κ2) is 11.6. The lowest BCUT2D eigenvalue weighted by molar-refractivity contribution is 0.0698. The van der Waals surface area contributed by atoms with Gasteiger partial charge >= 0.3 is 5.97 Å². The van der Waals surface area contributed by atoms with Gasteiger partial charge in [0.25, 0.3) is 5.91 Å². The molecule has 37 heavy (non-hydrogen) atoms. The Morgan fingerprint density at radius 2 is 1.54 bits per heavy atom. The lowest BCUT2D eigenvalue weighted by atomic mass is 10.0. The minimum atomic E-state index is -0.929. The number of furan rings is 1. The molecule has 2 aliphatic heterocycles. The van der Waals surface area contributed by atoms with Gasteiger partial charge in [-0.25, -0.2) is 4.79 Å². The quantitative estimate of drug-likeness (QED) is 0.321. The molecule has 5 N–H and O–H groups in total. The number of primary amides is 1. The molecule has 8 nitrogen and oxygen atoms in total. The first-order chi connectivity index (χ1) is 17.8. The molecule has 0 saturated heterocycles. The fourth-order valence-electron chi connectivity index (χ4n) is 4.23. The number of carbonyl (C=O) groups is 2. The standard InChI is InChI=1S/C9H8ClNO2.C9H10ClNO.C9H6O3/c10-6-1-2-7-5(3-4-13-7)8(6)9(11)12;10-8-1-2-9-6(3-4-12-9)7(8)5-11;10-9(11)7-2-1-3-8-6(7)4-5-12-8/h1-2H,3-4H2,(H2,11,12);1-2H,3-5,11H2;1-5H,(H,10,11). The van der Waals surface area contributed by atoms with Crippen LogP contribution in [0, 0.1) is 0 Å². The number of halogens is 2. The van der Waals surface area contributed by atoms with Gasteiger partial charge in [-0.2, -0.15) is 0 Å². The van der Waals surface area contributed by atoms with Crippen LogP contribution in [0.5, 0.6) is 11.5 Å². The summed E-state index contributed by atoms with van der Waals surface area (Å²) < 4.78 is 15.7. The molecule has 3 heterocycles. The summed E-state index contributed by atoms with van der Waals surface area (Å²) in [6.45, 7) is 1.84. The summed E-state index contributed by atoms with van der Waals surface area (Å²) >= 11 is 11.8. The van der Waals surface area contributed by atoms with Gasteiger partial charge < -0.3 is 30.5 Å². The van der Waals surface area contributed by atoms with Crippen molar-refractivity contribution in [1.29, 1.82) is 0 Å². The average Bonchev–Trinajstić information content (AvgIpc) is 3.64. The summed E-state index contributed by atoms with van der Waals surface area (Å²) in [7, 11) is 0. The van der Waals surface area contributed by atoms with Crippen molar-refractivity contribution in [3.63, 3.8) is 0 Å². The number of ether oxygens (including phenoxy) is 2. The number of aromatic carboxylic acids is 1. The highest BCUT2D eigenvalue weighted by Gasteiger charge is 2.21. The molecular weight excluding hydrogens is 519 g/mol. The minimum absolute atomic E-state index is 0.279. The number of amides is 1. The topological polar surface area (TPSA) is 138 Å². The van der Waals surface area contributed by atoms with Crippen LogP contribution in [0.1, 0.15) is 37.4 Å². The molecule has 10 heteroatoms. The second-order valence-electron chi connectivity index (χ2n) is 8.11. The monoisotopic (exact) mass is 542 g/mol. The molecule has 0 aliphatic carbocycles. The van der Waals surface area contributed by atoms with Crippen molar-refractivity contribution in [3.8, 4) is 11.5 Å². The maximum absolute atomic E-state index is 11.1. The Hall–Kier alpha value is -3.72. The lowest BCUT2D eigenvalue weighted by Gasteiger charge is -2.06. The number of hydrogen-bond donors (Lipinski definition) is 3. The highest BCUT2D eigenvalue weighted by Crippen LogP contribution is 2.33. The van der Waals surface area contributed by atoms with Crippen molar-refractivity contribution in [3.05, 3.63) is 92.7 Å². The molecule has 3 aromatic carbocycles. The van der Waals surface area contributed by atoms with Gasteiger partial charge in [0.15, 0.2) is 0 Å². The molecule has 0 bridgehead atoms. The molecule has 0 unspecified atom stereocenters. The molecule has 4 aromatic rings. The Balaban J connectivity index is 0.000000130. The fraction of sp³-hybridized carbons (Fsp3) is 0.185. The minimum Gasteiger partial charge on any atom is -0.493 e. The molecule has 0 atom stereocenters. The molecule has 0 spiro atoms. The predicted molar refractivity (Wildman–Crippen MR) is 141 cm³/mol. The van der Waals surface area contributed by atoms with E-state index in [-0.39, 0.29) is 5.56 Å². The molecule has 0 fully saturated rings. The smallest absolute Gasteiger partial charge is 0.336 e. The van der Waals surface area contributed by atoms with E-state index in [0.29, 0.717) is 41.1 Å². The largest absolute Gasteiger partial charge is 0.493 e. The first-order valence-corrected chi connectivity index (χ1v) is 12.1. The molecule has 1 aromatic heterocycles. The second-order valence-corrected chi connectivity index (χ2v) is 8.92. The molecule has 0 saturated carbocycles. The van der Waals surface area contributed by atoms with Crippen molar-refractivity contribution in [2.45, 2.75) is 19.4 Å². The number of carboxylic acid groups (broad SMARTS) is 1. The van der Waals surface area contributed by atoms with E-state index in [1.165, 1.54) is 11.8 Å². The van der Waals surface area contributed by atoms with Crippen LogP contribution < -0.4 is 20.9 Å². The highest BCUT2D eigenvalue weighted by atomic mass is 35.5. The van der Waals surface area contributed by atoms with Crippen molar-refractivity contribution in [1.82, 2.24) is 0 Å². The molecular formula is C27H24Cl2N2O6. The van der Waals surface area contributed by atoms with Crippen LogP contribution in [0.4, 0.5) is 0 Å². The zero-order valence-electron chi connectivity index (χ0n) is 19.6. The highest BCUT2D eigenvalue weighted by molar-refractivity contribution is 6.34. The summed E-state index contributed by atoms with van der Waals surface area (Å²) in [5.41, 5.74) is 15.1. The molecule has 0 radical (unpaired) electrons. The van der Waals surface area contributed by atoms with Crippen LogP contribution in [-0.4, -0.2) is 30.2 Å². The maximum atomic E-state index is 11.1. The zero-order valence-corrected chi connectivity index (χ0v) is 21.1. The van der Waals surface area contributed by atoms with Crippen LogP contribution >= 0.6 is 23.2 Å². The Labute approximate surface area is 222 Å². The summed E-state index contributed by atoms with van der Waals surface area (Å²) in [5.74, 6) is 0.243. The normalized spacial score (nSPS) is 12.7. The van der Waals surface area contributed by atoms with Gasteiger partial charge in [0.2, 0.25) is 0 Å². The molecule has 2 aliphatic rings. The Morgan fingerprint density at radius 3 is 2.19 bits per heavy atom. The van der Waals surface area contributed by atoms with E-state index in [9.17, 15) is 9.59 Å². The van der Waals surface area contributed by atoms with E-state index >= 15 is 0 Å². The van der Waals surface area contributed by atoms with Gasteiger partial charge in [-0.3, -0.25) is 4.79 Å². The van der Waals surface area contributed by atoms with Crippen LogP contribution in [0.25, 0.3) is 11.0 Å². The zero-order chi connectivity index (χ0) is 26.5. The Kier molecular flexibility index (Phi) is 8.23. The van der Waals surface area contributed by atoms with Gasteiger partial charge in [0.05, 0.1) is 35.6 Å². The van der Waals surface area contributed by atoms with Gasteiger partial charge in [0, 0.05) is 40.9 Å². The Morgan fingerprint density at radius 1 is 0.892 bits per heavy atom. The van der Waals surface area contributed by atoms with E-state index in [4.69, 9.17) is 53.7 Å². The summed E-state index contributed by atoms with van der Waals surface area (Å²) in [5, 5.41) is 10.6. The van der Waals surface area contributed by atoms with Crippen LogP contribution in [0.15, 0.2) is 59.2 Å². The first-order valence-electron chi connectivity index (χ1n) is 11.4. The summed E-state index contributed by atoms with van der Waals surface area (Å²) in [4.78, 5) is 21.7. The van der Waals surface area contributed by atoms with E-state index in [2.05, 4.69) is 0 Å². The SMILES string of the molecule is NC(=O)c1c(Cl)ccc2c1CCO2.NCc1c(Cl)ccc2c1CCO2.O=C(O)c1cccc2occc12. The van der Waals surface area contributed by atoms with Crippen LogP contribution in [0.2, 0.25) is 10.0 Å². The average molecular weight is 543 g/mol. The van der Waals surface area contributed by atoms with Gasteiger partial charge in [-0.1, -0.05) is 29.3 Å². The summed E-state index contributed by atoms with van der Waals surface area (Å²) in [6.07, 6.45) is 3.12. The number of nitrogens with two attached hydrogens (primary N) is 2. The number of fused-ring (bicyclic) bond motifs is 3. The van der Waals surface area contributed by atoms with Crippen LogP contribution in [-0.2, 0) is 19.4 Å². The van der Waals surface area contributed by atoms with Crippen LogP contribution in [0.3, 0.4) is 0 Å².